The van der Waals surface area contributed by atoms with Gasteiger partial charge in [-0.3, -0.25) is 9.89 Å². The summed E-state index contributed by atoms with van der Waals surface area (Å²) < 4.78 is 2.87. The largest absolute Gasteiger partial charge is 0.347 e. The number of hydrogen-bond donors (Lipinski definition) is 2. The summed E-state index contributed by atoms with van der Waals surface area (Å²) in [4.78, 5) is 12.1. The van der Waals surface area contributed by atoms with Crippen molar-refractivity contribution in [1.29, 1.82) is 0 Å². The molecule has 18 heavy (non-hydrogen) atoms. The Morgan fingerprint density at radius 2 is 2.44 bits per heavy atom. The van der Waals surface area contributed by atoms with Crippen LogP contribution in [0, 0.1) is 0 Å². The number of aromatic amines is 1. The summed E-state index contributed by atoms with van der Waals surface area (Å²) in [5.41, 5.74) is 1.63. The van der Waals surface area contributed by atoms with Crippen molar-refractivity contribution in [2.75, 3.05) is 0 Å². The SMILES string of the molecule is CCCn1cc(Br)cc1C(=O)NCc1cn[nH]c1. The first-order valence-corrected chi connectivity index (χ1v) is 6.61. The van der Waals surface area contributed by atoms with Crippen molar-refractivity contribution >= 4 is 21.8 Å². The highest BCUT2D eigenvalue weighted by Gasteiger charge is 2.12. The van der Waals surface area contributed by atoms with Crippen molar-refractivity contribution in [2.45, 2.75) is 26.4 Å². The molecule has 2 N–H and O–H groups in total. The molecule has 5 nitrogen and oxygen atoms in total. The zero-order valence-electron chi connectivity index (χ0n) is 10.1. The van der Waals surface area contributed by atoms with Gasteiger partial charge in [-0.05, 0) is 28.4 Å². The summed E-state index contributed by atoms with van der Waals surface area (Å²) in [5.74, 6) is -0.0737. The maximum atomic E-state index is 12.1. The predicted molar refractivity (Wildman–Crippen MR) is 72.2 cm³/mol. The molecule has 2 rings (SSSR count). The molecule has 96 valence electrons. The second-order valence-electron chi connectivity index (χ2n) is 4.03. The zero-order chi connectivity index (χ0) is 13.0. The number of amides is 1. The molecule has 0 bridgehead atoms. The first-order chi connectivity index (χ1) is 8.70. The zero-order valence-corrected chi connectivity index (χ0v) is 11.7. The van der Waals surface area contributed by atoms with Crippen LogP contribution in [-0.4, -0.2) is 20.7 Å². The van der Waals surface area contributed by atoms with Crippen molar-refractivity contribution in [3.05, 3.63) is 40.4 Å². The Hall–Kier alpha value is -1.56. The van der Waals surface area contributed by atoms with E-state index < -0.39 is 0 Å². The Labute approximate surface area is 114 Å². The topological polar surface area (TPSA) is 62.7 Å². The number of hydrogen-bond acceptors (Lipinski definition) is 2. The molecule has 2 heterocycles. The lowest BCUT2D eigenvalue weighted by Crippen LogP contribution is -2.25. The molecule has 0 atom stereocenters. The van der Waals surface area contributed by atoms with Crippen LogP contribution in [0.1, 0.15) is 29.4 Å². The molecule has 6 heteroatoms. The molecule has 0 aromatic carbocycles. The van der Waals surface area contributed by atoms with Crippen LogP contribution < -0.4 is 5.32 Å². The van der Waals surface area contributed by atoms with Crippen LogP contribution in [-0.2, 0) is 13.1 Å². The van der Waals surface area contributed by atoms with E-state index in [1.807, 2.05) is 16.8 Å². The summed E-state index contributed by atoms with van der Waals surface area (Å²) in [6.07, 6.45) is 6.38. The number of rotatable bonds is 5. The molecule has 0 radical (unpaired) electrons. The van der Waals surface area contributed by atoms with Gasteiger partial charge in [0.05, 0.1) is 6.20 Å². The molecule has 0 spiro atoms. The fraction of sp³-hybridized carbons (Fsp3) is 0.333. The summed E-state index contributed by atoms with van der Waals surface area (Å²) in [7, 11) is 0. The molecule has 0 aliphatic heterocycles. The summed E-state index contributed by atoms with van der Waals surface area (Å²) in [6, 6.07) is 1.83. The number of nitrogens with one attached hydrogen (secondary N) is 2. The molecule has 1 amide bonds. The van der Waals surface area contributed by atoms with E-state index in [2.05, 4.69) is 38.4 Å². The van der Waals surface area contributed by atoms with E-state index in [0.29, 0.717) is 12.2 Å². The average Bonchev–Trinajstić information content (AvgIpc) is 2.96. The van der Waals surface area contributed by atoms with Crippen LogP contribution >= 0.6 is 15.9 Å². The molecule has 0 saturated carbocycles. The molecule has 2 aromatic rings. The fourth-order valence-corrected chi connectivity index (χ4v) is 2.20. The minimum Gasteiger partial charge on any atom is -0.347 e. The predicted octanol–water partition coefficient (Wildman–Crippen LogP) is 2.31. The number of H-pyrrole nitrogens is 1. The molecule has 0 aliphatic carbocycles. The monoisotopic (exact) mass is 310 g/mol. The van der Waals surface area contributed by atoms with Crippen molar-refractivity contribution in [2.24, 2.45) is 0 Å². The van der Waals surface area contributed by atoms with Crippen LogP contribution in [0.3, 0.4) is 0 Å². The maximum absolute atomic E-state index is 12.1. The van der Waals surface area contributed by atoms with Crippen LogP contribution in [0.2, 0.25) is 0 Å². The highest BCUT2D eigenvalue weighted by Crippen LogP contribution is 2.15. The highest BCUT2D eigenvalue weighted by molar-refractivity contribution is 9.10. The van der Waals surface area contributed by atoms with Gasteiger partial charge in [-0.1, -0.05) is 6.92 Å². The maximum Gasteiger partial charge on any atom is 0.268 e. The minimum atomic E-state index is -0.0737. The van der Waals surface area contributed by atoms with E-state index in [1.165, 1.54) is 0 Å². The number of halogens is 1. The fourth-order valence-electron chi connectivity index (χ4n) is 1.74. The summed E-state index contributed by atoms with van der Waals surface area (Å²) >= 11 is 3.40. The van der Waals surface area contributed by atoms with Gasteiger partial charge < -0.3 is 9.88 Å². The van der Waals surface area contributed by atoms with Crippen molar-refractivity contribution < 1.29 is 4.79 Å². The van der Waals surface area contributed by atoms with E-state index in [1.54, 1.807) is 12.4 Å². The van der Waals surface area contributed by atoms with E-state index >= 15 is 0 Å². The van der Waals surface area contributed by atoms with Crippen LogP contribution in [0.4, 0.5) is 0 Å². The van der Waals surface area contributed by atoms with Gasteiger partial charge >= 0.3 is 0 Å². The molecule has 0 unspecified atom stereocenters. The average molecular weight is 311 g/mol. The normalized spacial score (nSPS) is 10.6. The van der Waals surface area contributed by atoms with Gasteiger partial charge in [0.1, 0.15) is 5.69 Å². The Bertz CT molecular complexity index is 518. The van der Waals surface area contributed by atoms with Crippen molar-refractivity contribution in [3.63, 3.8) is 0 Å². The quantitative estimate of drug-likeness (QED) is 0.890. The summed E-state index contributed by atoms with van der Waals surface area (Å²) in [5, 5.41) is 9.42. The second-order valence-corrected chi connectivity index (χ2v) is 4.94. The first-order valence-electron chi connectivity index (χ1n) is 5.82. The lowest BCUT2D eigenvalue weighted by Gasteiger charge is -2.07. The molecule has 0 saturated heterocycles. The molecular weight excluding hydrogens is 296 g/mol. The van der Waals surface area contributed by atoms with Gasteiger partial charge in [-0.15, -0.1) is 0 Å². The molecule has 0 aliphatic rings. The van der Waals surface area contributed by atoms with Gasteiger partial charge in [0.25, 0.3) is 5.91 Å². The van der Waals surface area contributed by atoms with Gasteiger partial charge in [-0.25, -0.2) is 0 Å². The van der Waals surface area contributed by atoms with Crippen LogP contribution in [0.5, 0.6) is 0 Å². The number of carbonyl (C=O) groups excluding carboxylic acids is 1. The Morgan fingerprint density at radius 3 is 3.11 bits per heavy atom. The van der Waals surface area contributed by atoms with Crippen LogP contribution in [0.25, 0.3) is 0 Å². The van der Waals surface area contributed by atoms with Gasteiger partial charge in [0, 0.05) is 35.5 Å². The highest BCUT2D eigenvalue weighted by atomic mass is 79.9. The van der Waals surface area contributed by atoms with Crippen molar-refractivity contribution in [3.8, 4) is 0 Å². The second kappa shape index (κ2) is 5.86. The third-order valence-corrected chi connectivity index (χ3v) is 3.00. The van der Waals surface area contributed by atoms with Gasteiger partial charge in [0.2, 0.25) is 0 Å². The molecular formula is C12H15BrN4O. The van der Waals surface area contributed by atoms with E-state index in [0.717, 1.165) is 23.0 Å². The number of aromatic nitrogens is 3. The Kier molecular flexibility index (Phi) is 4.19. The van der Waals surface area contributed by atoms with E-state index in [4.69, 9.17) is 0 Å². The summed E-state index contributed by atoms with van der Waals surface area (Å²) in [6.45, 7) is 3.39. The lowest BCUT2D eigenvalue weighted by atomic mass is 10.3. The third-order valence-electron chi connectivity index (χ3n) is 2.57. The molecule has 0 fully saturated rings. The minimum absolute atomic E-state index is 0.0737. The van der Waals surface area contributed by atoms with E-state index in [-0.39, 0.29) is 5.91 Å². The number of nitrogens with zero attached hydrogens (tertiary/aromatic N) is 2. The number of aryl methyl sites for hydroxylation is 1. The van der Waals surface area contributed by atoms with E-state index in [9.17, 15) is 4.79 Å². The number of carbonyl (C=O) groups is 1. The molecule has 2 aromatic heterocycles. The van der Waals surface area contributed by atoms with Crippen LogP contribution in [0.15, 0.2) is 29.1 Å². The van der Waals surface area contributed by atoms with Crippen molar-refractivity contribution in [1.82, 2.24) is 20.1 Å². The third kappa shape index (κ3) is 3.01. The standard InChI is InChI=1S/C12H15BrN4O/c1-2-3-17-8-10(13)4-11(17)12(18)14-5-9-6-15-16-7-9/h4,6-8H,2-3,5H2,1H3,(H,14,18)(H,15,16). The smallest absolute Gasteiger partial charge is 0.268 e. The Morgan fingerprint density at radius 1 is 1.61 bits per heavy atom. The Balaban J connectivity index is 2.03. The van der Waals surface area contributed by atoms with Gasteiger partial charge in [-0.2, -0.15) is 5.10 Å². The lowest BCUT2D eigenvalue weighted by molar-refractivity contribution is 0.0941. The van der Waals surface area contributed by atoms with Gasteiger partial charge in [0.15, 0.2) is 0 Å². The first kappa shape index (κ1) is 12.9.